The van der Waals surface area contributed by atoms with Crippen molar-refractivity contribution in [2.24, 2.45) is 5.41 Å². The van der Waals surface area contributed by atoms with Crippen molar-refractivity contribution in [3.63, 3.8) is 0 Å². The van der Waals surface area contributed by atoms with E-state index in [2.05, 4.69) is 4.74 Å². The van der Waals surface area contributed by atoms with Gasteiger partial charge in [0.2, 0.25) is 5.76 Å². The van der Waals surface area contributed by atoms with Gasteiger partial charge in [-0.05, 0) is 25.0 Å². The number of rotatable bonds is 6. The topological polar surface area (TPSA) is 122 Å². The normalized spacial score (nSPS) is 21.7. The fraction of sp³-hybridized carbons (Fsp3) is 0.389. The van der Waals surface area contributed by atoms with Gasteiger partial charge in [0.15, 0.2) is 5.41 Å². The molecule has 2 atom stereocenters. The molecule has 0 saturated heterocycles. The molecule has 27 heavy (non-hydrogen) atoms. The van der Waals surface area contributed by atoms with E-state index >= 15 is 0 Å². The second kappa shape index (κ2) is 7.98. The van der Waals surface area contributed by atoms with Crippen molar-refractivity contribution in [1.29, 1.82) is 0 Å². The van der Waals surface area contributed by atoms with Crippen molar-refractivity contribution in [2.45, 2.75) is 26.2 Å². The number of cyclic esters (lactones) is 1. The Labute approximate surface area is 155 Å². The smallest absolute Gasteiger partial charge is 0.373 e. The summed E-state index contributed by atoms with van der Waals surface area (Å²) in [5.41, 5.74) is -1.69. The molecular weight excluding hydrogens is 358 g/mol. The quantitative estimate of drug-likeness (QED) is 0.243. The van der Waals surface area contributed by atoms with Gasteiger partial charge < -0.3 is 14.2 Å². The van der Waals surface area contributed by atoms with Crippen LogP contribution in [0.25, 0.3) is 0 Å². The molecule has 9 nitrogen and oxygen atoms in total. The predicted octanol–water partition coefficient (Wildman–Crippen LogP) is 2.25. The van der Waals surface area contributed by atoms with Crippen molar-refractivity contribution < 1.29 is 33.5 Å². The number of hydrogen-bond donors (Lipinski definition) is 0. The summed E-state index contributed by atoms with van der Waals surface area (Å²) in [5, 5.41) is 11.1. The number of non-ortho nitro benzene ring substituents is 1. The van der Waals surface area contributed by atoms with Crippen LogP contribution in [0.1, 0.15) is 31.7 Å². The highest BCUT2D eigenvalue weighted by Gasteiger charge is 2.57. The maximum absolute atomic E-state index is 12.8. The van der Waals surface area contributed by atoms with E-state index in [4.69, 9.17) is 9.47 Å². The summed E-state index contributed by atoms with van der Waals surface area (Å²) in [6.07, 6.45) is 1.27. The zero-order valence-electron chi connectivity index (χ0n) is 15.1. The summed E-state index contributed by atoms with van der Waals surface area (Å²) in [4.78, 5) is 47.9. The van der Waals surface area contributed by atoms with E-state index < -0.39 is 34.2 Å². The molecule has 0 aromatic heterocycles. The molecule has 0 amide bonds. The van der Waals surface area contributed by atoms with E-state index in [1.807, 2.05) is 0 Å². The van der Waals surface area contributed by atoms with E-state index in [0.29, 0.717) is 5.56 Å². The number of nitro benzene ring substituents is 1. The lowest BCUT2D eigenvalue weighted by molar-refractivity contribution is -0.384. The van der Waals surface area contributed by atoms with E-state index in [1.165, 1.54) is 30.3 Å². The van der Waals surface area contributed by atoms with Gasteiger partial charge >= 0.3 is 17.9 Å². The second-order valence-electron chi connectivity index (χ2n) is 5.79. The summed E-state index contributed by atoms with van der Waals surface area (Å²) in [7, 11) is 1.12. The highest BCUT2D eigenvalue weighted by molar-refractivity contribution is 6.05. The van der Waals surface area contributed by atoms with Crippen LogP contribution in [0.4, 0.5) is 5.69 Å². The Morgan fingerprint density at radius 1 is 1.33 bits per heavy atom. The molecule has 0 unspecified atom stereocenters. The molecule has 1 aliphatic rings. The Bertz CT molecular complexity index is 815. The zero-order chi connectivity index (χ0) is 20.2. The first-order valence-electron chi connectivity index (χ1n) is 8.25. The molecule has 1 aromatic rings. The average Bonchev–Trinajstić information content (AvgIpc) is 2.67. The first-order chi connectivity index (χ1) is 12.8. The number of carbonyl (C=O) groups excluding carboxylic acids is 3. The lowest BCUT2D eigenvalue weighted by Gasteiger charge is -2.37. The molecule has 2 rings (SSSR count). The minimum atomic E-state index is -1.78. The van der Waals surface area contributed by atoms with Gasteiger partial charge in [0, 0.05) is 18.1 Å². The van der Waals surface area contributed by atoms with Crippen LogP contribution in [-0.2, 0) is 28.6 Å². The van der Waals surface area contributed by atoms with Gasteiger partial charge in [0.1, 0.15) is 0 Å². The number of carbonyl (C=O) groups is 3. The van der Waals surface area contributed by atoms with Crippen LogP contribution in [0.15, 0.2) is 36.1 Å². The third-order valence-corrected chi connectivity index (χ3v) is 4.44. The van der Waals surface area contributed by atoms with Gasteiger partial charge in [-0.1, -0.05) is 19.1 Å². The molecule has 0 spiro atoms. The Morgan fingerprint density at radius 2 is 2.04 bits per heavy atom. The predicted molar refractivity (Wildman–Crippen MR) is 91.4 cm³/mol. The Morgan fingerprint density at radius 3 is 2.59 bits per heavy atom. The van der Waals surface area contributed by atoms with Crippen LogP contribution in [0.2, 0.25) is 0 Å². The number of benzene rings is 1. The molecule has 1 aromatic carbocycles. The van der Waals surface area contributed by atoms with Gasteiger partial charge in [-0.3, -0.25) is 19.7 Å². The molecule has 1 heterocycles. The molecule has 9 heteroatoms. The fourth-order valence-electron chi connectivity index (χ4n) is 3.05. The number of hydrogen-bond acceptors (Lipinski definition) is 8. The fourth-order valence-corrected chi connectivity index (χ4v) is 3.05. The third-order valence-electron chi connectivity index (χ3n) is 4.44. The number of allylic oxidation sites excluding steroid dienone is 1. The van der Waals surface area contributed by atoms with E-state index in [1.54, 1.807) is 13.8 Å². The molecule has 0 N–H and O–H groups in total. The molecular formula is C18H19NO8. The Balaban J connectivity index is 2.70. The van der Waals surface area contributed by atoms with E-state index in [9.17, 15) is 24.5 Å². The Kier molecular flexibility index (Phi) is 5.94. The van der Waals surface area contributed by atoms with Gasteiger partial charge in [-0.15, -0.1) is 0 Å². The highest BCUT2D eigenvalue weighted by Crippen LogP contribution is 2.47. The molecule has 1 aliphatic heterocycles. The van der Waals surface area contributed by atoms with Crippen molar-refractivity contribution in [3.05, 3.63) is 51.8 Å². The number of methoxy groups -OCH3 is 1. The second-order valence-corrected chi connectivity index (χ2v) is 5.79. The van der Waals surface area contributed by atoms with Crippen molar-refractivity contribution in [2.75, 3.05) is 13.7 Å². The molecule has 0 fully saturated rings. The first kappa shape index (κ1) is 20.1. The molecule has 0 radical (unpaired) electrons. The van der Waals surface area contributed by atoms with Gasteiger partial charge in [0.05, 0.1) is 18.6 Å². The SMILES string of the molecule is CCOC(=O)[C@@]1(CC)C(=O)OC(C(=O)OC)=C[C@@H]1c1cccc([N+](=O)[O-])c1. The first-order valence-corrected chi connectivity index (χ1v) is 8.25. The van der Waals surface area contributed by atoms with Gasteiger partial charge in [0.25, 0.3) is 5.69 Å². The Hall–Kier alpha value is -3.23. The van der Waals surface area contributed by atoms with Crippen LogP contribution in [-0.4, -0.2) is 36.5 Å². The maximum Gasteiger partial charge on any atom is 0.373 e. The van der Waals surface area contributed by atoms with Crippen LogP contribution in [0.3, 0.4) is 0 Å². The summed E-state index contributed by atoms with van der Waals surface area (Å²) in [6.45, 7) is 3.22. The lowest BCUT2D eigenvalue weighted by Crippen LogP contribution is -2.48. The monoisotopic (exact) mass is 377 g/mol. The lowest BCUT2D eigenvalue weighted by atomic mass is 9.68. The van der Waals surface area contributed by atoms with Crippen LogP contribution in [0, 0.1) is 15.5 Å². The van der Waals surface area contributed by atoms with Crippen LogP contribution < -0.4 is 0 Å². The minimum Gasteiger partial charge on any atom is -0.465 e. The minimum absolute atomic E-state index is 0.00295. The van der Waals surface area contributed by atoms with Crippen molar-refractivity contribution in [3.8, 4) is 0 Å². The number of nitro groups is 1. The molecule has 0 bridgehead atoms. The number of esters is 3. The van der Waals surface area contributed by atoms with Crippen molar-refractivity contribution in [1.82, 2.24) is 0 Å². The third kappa shape index (κ3) is 3.53. The van der Waals surface area contributed by atoms with E-state index in [0.717, 1.165) is 7.11 Å². The van der Waals surface area contributed by atoms with Crippen molar-refractivity contribution >= 4 is 23.6 Å². The van der Waals surface area contributed by atoms with Crippen LogP contribution in [0.5, 0.6) is 0 Å². The largest absolute Gasteiger partial charge is 0.465 e. The van der Waals surface area contributed by atoms with Gasteiger partial charge in [-0.2, -0.15) is 0 Å². The molecule has 0 aliphatic carbocycles. The summed E-state index contributed by atoms with van der Waals surface area (Å²) < 4.78 is 14.7. The standard InChI is InChI=1S/C18H19NO8/c1-4-18(16(21)26-5-2)13(10-14(15(20)25-3)27-17(18)22)11-7-6-8-12(9-11)19(23)24/h6-10,13H,4-5H2,1-3H3/t13-,18+/m1/s1. The summed E-state index contributed by atoms with van der Waals surface area (Å²) >= 11 is 0. The summed E-state index contributed by atoms with van der Waals surface area (Å²) in [6, 6.07) is 5.50. The molecule has 144 valence electrons. The summed E-state index contributed by atoms with van der Waals surface area (Å²) in [5.74, 6) is -4.08. The van der Waals surface area contributed by atoms with Crippen LogP contribution >= 0.6 is 0 Å². The zero-order valence-corrected chi connectivity index (χ0v) is 15.1. The average molecular weight is 377 g/mol. The van der Waals surface area contributed by atoms with E-state index in [-0.39, 0.29) is 24.5 Å². The number of nitrogens with zero attached hydrogens (tertiary/aromatic N) is 1. The molecule has 0 saturated carbocycles. The maximum atomic E-state index is 12.8. The number of ether oxygens (including phenoxy) is 3. The van der Waals surface area contributed by atoms with Gasteiger partial charge in [-0.25, -0.2) is 4.79 Å². The highest BCUT2D eigenvalue weighted by atomic mass is 16.6.